The summed E-state index contributed by atoms with van der Waals surface area (Å²) in [5.41, 5.74) is -0.00870. The van der Waals surface area contributed by atoms with Crippen LogP contribution in [0.25, 0.3) is 0 Å². The summed E-state index contributed by atoms with van der Waals surface area (Å²) >= 11 is 0. The number of ketones is 1. The van der Waals surface area contributed by atoms with E-state index in [0.717, 1.165) is 37.7 Å². The minimum atomic E-state index is -0.798. The Morgan fingerprint density at radius 3 is 2.39 bits per heavy atom. The molecule has 1 aliphatic carbocycles. The Morgan fingerprint density at radius 2 is 1.83 bits per heavy atom. The highest BCUT2D eigenvalue weighted by molar-refractivity contribution is 6.00. The highest BCUT2D eigenvalue weighted by Gasteiger charge is 2.50. The molecular weight excluding hydrogens is 282 g/mol. The smallest absolute Gasteiger partial charge is 0.174 e. The predicted molar refractivity (Wildman–Crippen MR) is 95.7 cm³/mol. The van der Waals surface area contributed by atoms with Crippen LogP contribution in [0.5, 0.6) is 0 Å². The van der Waals surface area contributed by atoms with Gasteiger partial charge in [0.2, 0.25) is 0 Å². The maximum Gasteiger partial charge on any atom is 0.174 e. The summed E-state index contributed by atoms with van der Waals surface area (Å²) in [6.45, 7) is 4.46. The van der Waals surface area contributed by atoms with Crippen LogP contribution in [-0.4, -0.2) is 12.0 Å². The normalized spacial score (nSPS) is 25.9. The van der Waals surface area contributed by atoms with E-state index < -0.39 is 5.54 Å². The predicted octanol–water partition coefficient (Wildman–Crippen LogP) is 5.09. The van der Waals surface area contributed by atoms with E-state index in [0.29, 0.717) is 11.7 Å². The summed E-state index contributed by atoms with van der Waals surface area (Å²) < 4.78 is 0. The maximum atomic E-state index is 13.8. The summed E-state index contributed by atoms with van der Waals surface area (Å²) in [6, 6.07) is 10.1. The highest BCUT2D eigenvalue weighted by Crippen LogP contribution is 2.48. The Hall–Kier alpha value is -1.70. The minimum Gasteiger partial charge on any atom is -0.296 e. The van der Waals surface area contributed by atoms with Crippen molar-refractivity contribution in [3.8, 4) is 0 Å². The number of benzene rings is 1. The largest absolute Gasteiger partial charge is 0.296 e. The van der Waals surface area contributed by atoms with Gasteiger partial charge in [-0.05, 0) is 42.9 Å². The van der Waals surface area contributed by atoms with Crippen LogP contribution in [0.15, 0.2) is 47.5 Å². The topological polar surface area (TPSA) is 29.4 Å². The molecule has 1 unspecified atom stereocenters. The molecule has 0 spiro atoms. The molecule has 1 aromatic rings. The van der Waals surface area contributed by atoms with Crippen molar-refractivity contribution >= 4 is 12.0 Å². The van der Waals surface area contributed by atoms with Crippen molar-refractivity contribution < 1.29 is 4.79 Å². The third-order valence-corrected chi connectivity index (χ3v) is 5.35. The van der Waals surface area contributed by atoms with E-state index in [1.807, 2.05) is 42.5 Å². The van der Waals surface area contributed by atoms with Gasteiger partial charge in [-0.2, -0.15) is 0 Å². The van der Waals surface area contributed by atoms with Gasteiger partial charge in [-0.3, -0.25) is 9.79 Å². The lowest BCUT2D eigenvalue weighted by molar-refractivity contribution is -0.136. The zero-order valence-corrected chi connectivity index (χ0v) is 14.3. The molecule has 0 radical (unpaired) electrons. The van der Waals surface area contributed by atoms with Crippen LogP contribution in [0.2, 0.25) is 0 Å². The Kier molecular flexibility index (Phi) is 4.52. The zero-order valence-electron chi connectivity index (χ0n) is 14.3. The van der Waals surface area contributed by atoms with Crippen molar-refractivity contribution in [2.45, 2.75) is 57.9 Å². The molecule has 0 bridgehead atoms. The summed E-state index contributed by atoms with van der Waals surface area (Å²) in [5, 5.41) is 0. The summed E-state index contributed by atoms with van der Waals surface area (Å²) in [7, 11) is 0. The van der Waals surface area contributed by atoms with Gasteiger partial charge >= 0.3 is 0 Å². The van der Waals surface area contributed by atoms with E-state index in [2.05, 4.69) is 18.8 Å². The summed E-state index contributed by atoms with van der Waals surface area (Å²) in [6.07, 6.45) is 12.3. The number of rotatable bonds is 5. The first kappa shape index (κ1) is 16.2. The third kappa shape index (κ3) is 2.91. The fraction of sp³-hybridized carbons (Fsp3) is 0.524. The molecule has 1 saturated carbocycles. The van der Waals surface area contributed by atoms with Crippen LogP contribution >= 0.6 is 0 Å². The first-order chi connectivity index (χ1) is 11.1. The monoisotopic (exact) mass is 309 g/mol. The Morgan fingerprint density at radius 1 is 1.13 bits per heavy atom. The number of carbonyl (C=O) groups excluding carboxylic acids is 1. The second-order valence-electron chi connectivity index (χ2n) is 7.54. The zero-order chi connectivity index (χ0) is 16.3. The highest BCUT2D eigenvalue weighted by atomic mass is 16.1. The van der Waals surface area contributed by atoms with Crippen LogP contribution in [0.3, 0.4) is 0 Å². The van der Waals surface area contributed by atoms with E-state index in [1.165, 1.54) is 6.42 Å². The molecule has 0 N–H and O–H groups in total. The van der Waals surface area contributed by atoms with E-state index >= 15 is 0 Å². The van der Waals surface area contributed by atoms with Crippen LogP contribution in [0.4, 0.5) is 0 Å². The fourth-order valence-electron chi connectivity index (χ4n) is 4.45. The van der Waals surface area contributed by atoms with Gasteiger partial charge < -0.3 is 0 Å². The average molecular weight is 309 g/mol. The van der Waals surface area contributed by atoms with Gasteiger partial charge in [0.25, 0.3) is 0 Å². The Bertz CT molecular complexity index is 594. The van der Waals surface area contributed by atoms with Gasteiger partial charge in [0.1, 0.15) is 0 Å². The number of hydrogen-bond donors (Lipinski definition) is 0. The molecule has 23 heavy (non-hydrogen) atoms. The molecule has 3 rings (SSSR count). The quantitative estimate of drug-likeness (QED) is 0.745. The van der Waals surface area contributed by atoms with Crippen molar-refractivity contribution in [3.63, 3.8) is 0 Å². The molecule has 122 valence electrons. The molecule has 1 atom stereocenters. The van der Waals surface area contributed by atoms with Crippen molar-refractivity contribution in [3.05, 3.63) is 48.0 Å². The van der Waals surface area contributed by atoms with E-state index in [4.69, 9.17) is 0 Å². The van der Waals surface area contributed by atoms with Crippen LogP contribution in [0.1, 0.15) is 57.9 Å². The third-order valence-electron chi connectivity index (χ3n) is 5.35. The molecule has 0 aromatic heterocycles. The van der Waals surface area contributed by atoms with E-state index in [9.17, 15) is 4.79 Å². The van der Waals surface area contributed by atoms with Crippen LogP contribution in [0, 0.1) is 11.3 Å². The molecule has 2 heteroatoms. The molecule has 0 saturated heterocycles. The number of nitrogens with zero attached hydrogens (tertiary/aromatic N) is 1. The number of aliphatic imine (C=N–C) groups is 1. The summed E-state index contributed by atoms with van der Waals surface area (Å²) in [4.78, 5) is 18.5. The lowest BCUT2D eigenvalue weighted by Crippen LogP contribution is -2.46. The van der Waals surface area contributed by atoms with E-state index in [1.54, 1.807) is 6.21 Å². The van der Waals surface area contributed by atoms with E-state index in [-0.39, 0.29) is 5.41 Å². The van der Waals surface area contributed by atoms with Gasteiger partial charge in [0.15, 0.2) is 11.3 Å². The van der Waals surface area contributed by atoms with Crippen molar-refractivity contribution in [1.82, 2.24) is 0 Å². The molecule has 1 aliphatic heterocycles. The molecular formula is C21H27NO. The Balaban J connectivity index is 2.03. The number of hydrogen-bond acceptors (Lipinski definition) is 2. The van der Waals surface area contributed by atoms with Crippen molar-refractivity contribution in [2.24, 2.45) is 16.3 Å². The van der Waals surface area contributed by atoms with Gasteiger partial charge in [0.05, 0.1) is 0 Å². The second-order valence-corrected chi connectivity index (χ2v) is 7.54. The molecule has 1 aromatic carbocycles. The fourth-order valence-corrected chi connectivity index (χ4v) is 4.45. The standard InChI is InChI=1S/C21H27NO/c1-17(2)16-20(12-7-4-8-13-20)19(23)21(14-9-15-22-21)18-10-5-3-6-11-18/h3,5-6,9-11,14-15,17H,4,7-8,12-13,16H2,1-2H3. The first-order valence-corrected chi connectivity index (χ1v) is 8.93. The number of carbonyl (C=O) groups is 1. The molecule has 1 fully saturated rings. The van der Waals surface area contributed by atoms with Gasteiger partial charge in [0, 0.05) is 11.6 Å². The second kappa shape index (κ2) is 6.43. The SMILES string of the molecule is CC(C)CC1(C(=O)C2(c3ccccc3)C=CC=N2)CCCCC1. The number of Topliss-reactive ketones (excluding diaryl/α,β-unsaturated/α-hetero) is 1. The van der Waals surface area contributed by atoms with Crippen molar-refractivity contribution in [1.29, 1.82) is 0 Å². The summed E-state index contributed by atoms with van der Waals surface area (Å²) in [5.74, 6) is 0.842. The van der Waals surface area contributed by atoms with Crippen molar-refractivity contribution in [2.75, 3.05) is 0 Å². The Labute approximate surface area is 139 Å². The molecule has 0 amide bonds. The number of allylic oxidation sites excluding steroid dienone is 1. The minimum absolute atomic E-state index is 0.214. The maximum absolute atomic E-state index is 13.8. The average Bonchev–Trinajstić information content (AvgIpc) is 3.06. The van der Waals surface area contributed by atoms with Crippen LogP contribution in [-0.2, 0) is 10.3 Å². The van der Waals surface area contributed by atoms with Crippen LogP contribution < -0.4 is 0 Å². The van der Waals surface area contributed by atoms with Gasteiger partial charge in [-0.1, -0.05) is 63.4 Å². The lowest BCUT2D eigenvalue weighted by atomic mass is 9.61. The van der Waals surface area contributed by atoms with Gasteiger partial charge in [-0.15, -0.1) is 0 Å². The molecule has 1 heterocycles. The molecule has 2 nitrogen and oxygen atoms in total. The first-order valence-electron chi connectivity index (χ1n) is 8.93. The van der Waals surface area contributed by atoms with Gasteiger partial charge in [-0.25, -0.2) is 0 Å². The molecule has 2 aliphatic rings. The lowest BCUT2D eigenvalue weighted by Gasteiger charge is -2.42.